The summed E-state index contributed by atoms with van der Waals surface area (Å²) in [4.78, 5) is 13.4. The zero-order valence-electron chi connectivity index (χ0n) is 14.5. The fourth-order valence-corrected chi connectivity index (χ4v) is 2.37. The van der Waals surface area contributed by atoms with Crippen LogP contribution in [0.5, 0.6) is 5.75 Å². The van der Waals surface area contributed by atoms with Gasteiger partial charge in [-0.25, -0.2) is 13.6 Å². The van der Waals surface area contributed by atoms with Gasteiger partial charge < -0.3 is 15.0 Å². The highest BCUT2D eigenvalue weighted by molar-refractivity contribution is 5.74. The number of hydrogen-bond acceptors (Lipinski definition) is 2. The van der Waals surface area contributed by atoms with Crippen LogP contribution in [0, 0.1) is 11.6 Å². The van der Waals surface area contributed by atoms with E-state index in [2.05, 4.69) is 10.1 Å². The van der Waals surface area contributed by atoms with Gasteiger partial charge in [0.15, 0.2) is 0 Å². The Morgan fingerprint density at radius 3 is 2.56 bits per heavy atom. The van der Waals surface area contributed by atoms with E-state index in [1.54, 1.807) is 0 Å². The Hall–Kier alpha value is -2.84. The van der Waals surface area contributed by atoms with Crippen LogP contribution in [0.25, 0.3) is 0 Å². The zero-order valence-corrected chi connectivity index (χ0v) is 14.5. The number of ether oxygens (including phenoxy) is 1. The van der Waals surface area contributed by atoms with Crippen molar-refractivity contribution in [2.75, 3.05) is 7.05 Å². The standard InChI is InChI=1S/C18H17F5N2O2/c1-11(15-9-13(19)6-7-16(15)20)25(2)17(26)24-10-12-4-3-5-14(8-12)27-18(21,22)23/h3-9,11H,10H2,1-2H3,(H,24,26). The van der Waals surface area contributed by atoms with Crippen molar-refractivity contribution in [3.63, 3.8) is 0 Å². The number of hydrogen-bond donors (Lipinski definition) is 1. The average molecular weight is 388 g/mol. The van der Waals surface area contributed by atoms with Crippen LogP contribution < -0.4 is 10.1 Å². The van der Waals surface area contributed by atoms with Crippen LogP contribution in [0.4, 0.5) is 26.7 Å². The summed E-state index contributed by atoms with van der Waals surface area (Å²) >= 11 is 0. The summed E-state index contributed by atoms with van der Waals surface area (Å²) in [6.07, 6.45) is -4.81. The Morgan fingerprint density at radius 1 is 1.19 bits per heavy atom. The lowest BCUT2D eigenvalue weighted by molar-refractivity contribution is -0.274. The van der Waals surface area contributed by atoms with Gasteiger partial charge in [-0.15, -0.1) is 13.2 Å². The van der Waals surface area contributed by atoms with Gasteiger partial charge in [0.05, 0.1) is 6.04 Å². The first kappa shape index (κ1) is 20.5. The van der Waals surface area contributed by atoms with Gasteiger partial charge in [-0.2, -0.15) is 0 Å². The molecule has 0 saturated heterocycles. The number of carbonyl (C=O) groups is 1. The minimum Gasteiger partial charge on any atom is -0.406 e. The Balaban J connectivity index is 2.00. The minimum atomic E-state index is -4.81. The topological polar surface area (TPSA) is 41.6 Å². The summed E-state index contributed by atoms with van der Waals surface area (Å²) in [6.45, 7) is 1.45. The van der Waals surface area contributed by atoms with Crippen LogP contribution in [0.1, 0.15) is 24.1 Å². The van der Waals surface area contributed by atoms with Crippen molar-refractivity contribution in [3.05, 3.63) is 65.2 Å². The summed E-state index contributed by atoms with van der Waals surface area (Å²) in [7, 11) is 1.40. The molecule has 27 heavy (non-hydrogen) atoms. The predicted octanol–water partition coefficient (Wildman–Crippen LogP) is 4.77. The van der Waals surface area contributed by atoms with Gasteiger partial charge in [0.1, 0.15) is 17.4 Å². The molecule has 0 aliphatic rings. The molecule has 2 rings (SSSR count). The van der Waals surface area contributed by atoms with Gasteiger partial charge in [-0.3, -0.25) is 0 Å². The van der Waals surface area contributed by atoms with Crippen LogP contribution in [0.15, 0.2) is 42.5 Å². The molecule has 9 heteroatoms. The van der Waals surface area contributed by atoms with Crippen molar-refractivity contribution in [2.24, 2.45) is 0 Å². The van der Waals surface area contributed by atoms with E-state index in [9.17, 15) is 26.7 Å². The molecule has 0 aliphatic heterocycles. The smallest absolute Gasteiger partial charge is 0.406 e. The highest BCUT2D eigenvalue weighted by Gasteiger charge is 2.31. The lowest BCUT2D eigenvalue weighted by Crippen LogP contribution is -2.38. The van der Waals surface area contributed by atoms with E-state index in [0.717, 1.165) is 35.2 Å². The first-order valence-electron chi connectivity index (χ1n) is 7.87. The van der Waals surface area contributed by atoms with Crippen LogP contribution in [0.2, 0.25) is 0 Å². The maximum Gasteiger partial charge on any atom is 0.573 e. The molecule has 2 aromatic carbocycles. The Labute approximate surface area is 152 Å². The van der Waals surface area contributed by atoms with E-state index >= 15 is 0 Å². The predicted molar refractivity (Wildman–Crippen MR) is 87.9 cm³/mol. The molecular weight excluding hydrogens is 371 g/mol. The van der Waals surface area contributed by atoms with Crippen LogP contribution >= 0.6 is 0 Å². The summed E-state index contributed by atoms with van der Waals surface area (Å²) in [5.74, 6) is -1.69. The number of benzene rings is 2. The van der Waals surface area contributed by atoms with Crippen molar-refractivity contribution in [1.29, 1.82) is 0 Å². The lowest BCUT2D eigenvalue weighted by Gasteiger charge is -2.26. The molecule has 0 aliphatic carbocycles. The van der Waals surface area contributed by atoms with Gasteiger partial charge in [0, 0.05) is 19.2 Å². The quantitative estimate of drug-likeness (QED) is 0.750. The first-order valence-corrected chi connectivity index (χ1v) is 7.87. The van der Waals surface area contributed by atoms with Gasteiger partial charge in [-0.05, 0) is 42.8 Å². The Bertz CT molecular complexity index is 811. The Morgan fingerprint density at radius 2 is 1.89 bits per heavy atom. The second-order valence-corrected chi connectivity index (χ2v) is 5.81. The second kappa shape index (κ2) is 8.24. The Kier molecular flexibility index (Phi) is 6.24. The molecule has 2 aromatic rings. The lowest BCUT2D eigenvalue weighted by atomic mass is 10.1. The third-order valence-electron chi connectivity index (χ3n) is 3.89. The monoisotopic (exact) mass is 388 g/mol. The normalized spacial score (nSPS) is 12.4. The average Bonchev–Trinajstić information content (AvgIpc) is 2.59. The molecule has 146 valence electrons. The van der Waals surface area contributed by atoms with Gasteiger partial charge in [0.2, 0.25) is 0 Å². The van der Waals surface area contributed by atoms with Gasteiger partial charge >= 0.3 is 12.4 Å². The second-order valence-electron chi connectivity index (χ2n) is 5.81. The van der Waals surface area contributed by atoms with Gasteiger partial charge in [-0.1, -0.05) is 12.1 Å². The molecular formula is C18H17F5N2O2. The molecule has 0 spiro atoms. The zero-order chi connectivity index (χ0) is 20.2. The van der Waals surface area contributed by atoms with Crippen molar-refractivity contribution >= 4 is 6.03 Å². The van der Waals surface area contributed by atoms with Crippen LogP contribution in [-0.2, 0) is 6.54 Å². The number of alkyl halides is 3. The number of halogens is 5. The molecule has 0 bridgehead atoms. The third-order valence-corrected chi connectivity index (χ3v) is 3.89. The SMILES string of the molecule is CC(c1cc(F)ccc1F)N(C)C(=O)NCc1cccc(OC(F)(F)F)c1. The summed E-state index contributed by atoms with van der Waals surface area (Å²) < 4.78 is 67.7. The van der Waals surface area contributed by atoms with Crippen LogP contribution in [0.3, 0.4) is 0 Å². The molecule has 1 unspecified atom stereocenters. The summed E-state index contributed by atoms with van der Waals surface area (Å²) in [5.41, 5.74) is 0.385. The number of rotatable bonds is 5. The van der Waals surface area contributed by atoms with E-state index in [4.69, 9.17) is 0 Å². The maximum absolute atomic E-state index is 13.8. The molecule has 0 fully saturated rings. The van der Waals surface area contributed by atoms with E-state index in [1.165, 1.54) is 26.1 Å². The molecule has 0 radical (unpaired) electrons. The number of nitrogens with one attached hydrogen (secondary N) is 1. The van der Waals surface area contributed by atoms with E-state index in [-0.39, 0.29) is 12.1 Å². The molecule has 0 saturated carbocycles. The number of carbonyl (C=O) groups excluding carboxylic acids is 1. The fraction of sp³-hybridized carbons (Fsp3) is 0.278. The van der Waals surface area contributed by atoms with Crippen molar-refractivity contribution in [2.45, 2.75) is 25.9 Å². The minimum absolute atomic E-state index is 0.00762. The number of nitrogens with zero attached hydrogens (tertiary/aromatic N) is 1. The molecule has 1 N–H and O–H groups in total. The highest BCUT2D eigenvalue weighted by Crippen LogP contribution is 2.24. The van der Waals surface area contributed by atoms with Crippen LogP contribution in [-0.4, -0.2) is 24.3 Å². The fourth-order valence-electron chi connectivity index (χ4n) is 2.37. The summed E-state index contributed by atoms with van der Waals surface area (Å²) in [5, 5.41) is 2.51. The van der Waals surface area contributed by atoms with Crippen molar-refractivity contribution in [1.82, 2.24) is 10.2 Å². The maximum atomic E-state index is 13.8. The number of amides is 2. The van der Waals surface area contributed by atoms with E-state index < -0.39 is 35.8 Å². The molecule has 1 atom stereocenters. The van der Waals surface area contributed by atoms with E-state index in [1.807, 2.05) is 0 Å². The van der Waals surface area contributed by atoms with E-state index in [0.29, 0.717) is 5.56 Å². The van der Waals surface area contributed by atoms with Gasteiger partial charge in [0.25, 0.3) is 0 Å². The summed E-state index contributed by atoms with van der Waals surface area (Å²) in [6, 6.07) is 6.73. The third kappa shape index (κ3) is 5.83. The number of urea groups is 1. The first-order chi connectivity index (χ1) is 12.6. The molecule has 0 aromatic heterocycles. The van der Waals surface area contributed by atoms with Crippen molar-refractivity contribution in [3.8, 4) is 5.75 Å². The molecule has 0 heterocycles. The highest BCUT2D eigenvalue weighted by atomic mass is 19.4. The molecule has 2 amide bonds. The van der Waals surface area contributed by atoms with Crippen molar-refractivity contribution < 1.29 is 31.5 Å². The largest absolute Gasteiger partial charge is 0.573 e. The molecule has 4 nitrogen and oxygen atoms in total.